The van der Waals surface area contributed by atoms with E-state index >= 15 is 0 Å². The van der Waals surface area contributed by atoms with E-state index < -0.39 is 5.60 Å². The van der Waals surface area contributed by atoms with E-state index in [9.17, 15) is 4.79 Å². The number of benzene rings is 3. The first kappa shape index (κ1) is 19.0. The maximum atomic E-state index is 12.3. The van der Waals surface area contributed by atoms with Gasteiger partial charge in [-0.1, -0.05) is 54.6 Å². The van der Waals surface area contributed by atoms with Gasteiger partial charge in [0.1, 0.15) is 18.0 Å². The molecule has 0 spiro atoms. The van der Waals surface area contributed by atoms with Crippen molar-refractivity contribution in [2.75, 3.05) is 0 Å². The minimum absolute atomic E-state index is 0.225. The Morgan fingerprint density at radius 2 is 1.63 bits per heavy atom. The van der Waals surface area contributed by atoms with Crippen LogP contribution in [0.25, 0.3) is 10.8 Å². The summed E-state index contributed by atoms with van der Waals surface area (Å²) in [7, 11) is 0. The molecule has 0 amide bonds. The quantitative estimate of drug-likeness (QED) is 0.553. The van der Waals surface area contributed by atoms with E-state index in [1.165, 1.54) is 0 Å². The lowest BCUT2D eigenvalue weighted by atomic mass is 10.00. The molecule has 3 rings (SSSR count). The summed E-state index contributed by atoms with van der Waals surface area (Å²) in [4.78, 5) is 12.3. The SMILES string of the molecule is Cc1cccc2c(OCc3ccccc3)cc(CC(=O)OC(C)(C)C)cc12. The lowest BCUT2D eigenvalue weighted by Crippen LogP contribution is -2.24. The molecule has 27 heavy (non-hydrogen) atoms. The van der Waals surface area contributed by atoms with Gasteiger partial charge in [-0.25, -0.2) is 0 Å². The van der Waals surface area contributed by atoms with E-state index in [1.807, 2.05) is 63.2 Å². The van der Waals surface area contributed by atoms with Crippen molar-refractivity contribution in [3.63, 3.8) is 0 Å². The van der Waals surface area contributed by atoms with Gasteiger partial charge in [0.05, 0.1) is 6.42 Å². The summed E-state index contributed by atoms with van der Waals surface area (Å²) in [6.45, 7) is 8.19. The van der Waals surface area contributed by atoms with Gasteiger partial charge in [0.2, 0.25) is 0 Å². The molecule has 0 unspecified atom stereocenters. The molecule has 0 bridgehead atoms. The normalized spacial score (nSPS) is 11.4. The molecule has 0 heterocycles. The molecular formula is C24H26O3. The molecule has 0 saturated heterocycles. The highest BCUT2D eigenvalue weighted by Crippen LogP contribution is 2.31. The molecule has 140 valence electrons. The van der Waals surface area contributed by atoms with Crippen molar-refractivity contribution in [1.29, 1.82) is 0 Å². The summed E-state index contributed by atoms with van der Waals surface area (Å²) in [5, 5.41) is 2.15. The molecule has 0 radical (unpaired) electrons. The van der Waals surface area contributed by atoms with Gasteiger partial charge in [0.25, 0.3) is 0 Å². The predicted octanol–water partition coefficient (Wildman–Crippen LogP) is 5.61. The molecular weight excluding hydrogens is 336 g/mol. The number of fused-ring (bicyclic) bond motifs is 1. The van der Waals surface area contributed by atoms with Crippen molar-refractivity contribution in [3.05, 3.63) is 77.4 Å². The molecule has 3 heteroatoms. The maximum Gasteiger partial charge on any atom is 0.310 e. The van der Waals surface area contributed by atoms with E-state index in [0.29, 0.717) is 6.61 Å². The number of carbonyl (C=O) groups excluding carboxylic acids is 1. The van der Waals surface area contributed by atoms with Crippen LogP contribution in [0, 0.1) is 6.92 Å². The van der Waals surface area contributed by atoms with Crippen molar-refractivity contribution in [2.24, 2.45) is 0 Å². The third-order valence-electron chi connectivity index (χ3n) is 4.24. The lowest BCUT2D eigenvalue weighted by Gasteiger charge is -2.20. The highest BCUT2D eigenvalue weighted by atomic mass is 16.6. The van der Waals surface area contributed by atoms with E-state index in [1.54, 1.807) is 0 Å². The van der Waals surface area contributed by atoms with Crippen LogP contribution in [-0.2, 0) is 22.6 Å². The van der Waals surface area contributed by atoms with Gasteiger partial charge in [-0.3, -0.25) is 4.79 Å². The zero-order valence-electron chi connectivity index (χ0n) is 16.4. The van der Waals surface area contributed by atoms with Crippen molar-refractivity contribution < 1.29 is 14.3 Å². The first-order valence-corrected chi connectivity index (χ1v) is 9.23. The van der Waals surface area contributed by atoms with Crippen LogP contribution < -0.4 is 4.74 Å². The van der Waals surface area contributed by atoms with E-state index in [0.717, 1.165) is 33.2 Å². The van der Waals surface area contributed by atoms with Crippen molar-refractivity contribution >= 4 is 16.7 Å². The van der Waals surface area contributed by atoms with Crippen LogP contribution in [0.4, 0.5) is 0 Å². The molecule has 0 N–H and O–H groups in total. The Balaban J connectivity index is 1.91. The Bertz CT molecular complexity index is 937. The van der Waals surface area contributed by atoms with Crippen LogP contribution in [0.5, 0.6) is 5.75 Å². The zero-order valence-corrected chi connectivity index (χ0v) is 16.4. The summed E-state index contributed by atoms with van der Waals surface area (Å²) in [6, 6.07) is 20.2. The van der Waals surface area contributed by atoms with Gasteiger partial charge in [-0.15, -0.1) is 0 Å². The molecule has 0 saturated carbocycles. The van der Waals surface area contributed by atoms with E-state index in [-0.39, 0.29) is 12.4 Å². The third kappa shape index (κ3) is 5.10. The van der Waals surface area contributed by atoms with Gasteiger partial charge in [-0.05, 0) is 55.8 Å². The van der Waals surface area contributed by atoms with E-state index in [2.05, 4.69) is 25.1 Å². The Labute approximate surface area is 160 Å². The largest absolute Gasteiger partial charge is 0.488 e. The van der Waals surface area contributed by atoms with Gasteiger partial charge < -0.3 is 9.47 Å². The molecule has 0 atom stereocenters. The highest BCUT2D eigenvalue weighted by molar-refractivity contribution is 5.92. The summed E-state index contributed by atoms with van der Waals surface area (Å²) >= 11 is 0. The number of carbonyl (C=O) groups is 1. The number of aryl methyl sites for hydroxylation is 1. The molecule has 3 nitrogen and oxygen atoms in total. The first-order chi connectivity index (χ1) is 12.8. The predicted molar refractivity (Wildman–Crippen MR) is 109 cm³/mol. The smallest absolute Gasteiger partial charge is 0.310 e. The fraction of sp³-hybridized carbons (Fsp3) is 0.292. The molecule has 0 aliphatic heterocycles. The molecule has 0 aliphatic carbocycles. The number of rotatable bonds is 5. The number of ether oxygens (including phenoxy) is 2. The first-order valence-electron chi connectivity index (χ1n) is 9.23. The number of hydrogen-bond acceptors (Lipinski definition) is 3. The van der Waals surface area contributed by atoms with Crippen LogP contribution >= 0.6 is 0 Å². The summed E-state index contributed by atoms with van der Waals surface area (Å²) in [5.74, 6) is 0.558. The lowest BCUT2D eigenvalue weighted by molar-refractivity contribution is -0.153. The maximum absolute atomic E-state index is 12.3. The van der Waals surface area contributed by atoms with Gasteiger partial charge in [0, 0.05) is 5.39 Å². The molecule has 0 aliphatic rings. The molecule has 0 aromatic heterocycles. The molecule has 3 aromatic rings. The van der Waals surface area contributed by atoms with Crippen LogP contribution in [0.15, 0.2) is 60.7 Å². The monoisotopic (exact) mass is 362 g/mol. The average molecular weight is 362 g/mol. The molecule has 0 fully saturated rings. The van der Waals surface area contributed by atoms with Gasteiger partial charge in [0.15, 0.2) is 0 Å². The second kappa shape index (κ2) is 7.83. The Kier molecular flexibility index (Phi) is 5.50. The molecule has 3 aromatic carbocycles. The highest BCUT2D eigenvalue weighted by Gasteiger charge is 2.17. The Morgan fingerprint density at radius 3 is 2.33 bits per heavy atom. The van der Waals surface area contributed by atoms with Gasteiger partial charge in [-0.2, -0.15) is 0 Å². The topological polar surface area (TPSA) is 35.5 Å². The van der Waals surface area contributed by atoms with E-state index in [4.69, 9.17) is 9.47 Å². The van der Waals surface area contributed by atoms with Crippen molar-refractivity contribution in [2.45, 2.75) is 46.3 Å². The summed E-state index contributed by atoms with van der Waals surface area (Å²) < 4.78 is 11.6. The second-order valence-electron chi connectivity index (χ2n) is 7.80. The number of esters is 1. The Morgan fingerprint density at radius 1 is 0.889 bits per heavy atom. The minimum Gasteiger partial charge on any atom is -0.488 e. The fourth-order valence-electron chi connectivity index (χ4n) is 3.06. The second-order valence-corrected chi connectivity index (χ2v) is 7.80. The van der Waals surface area contributed by atoms with Crippen LogP contribution in [0.1, 0.15) is 37.5 Å². The standard InChI is InChI=1S/C24H26O3/c1-17-9-8-12-20-21(17)13-19(15-23(25)27-24(2,3)4)14-22(20)26-16-18-10-6-5-7-11-18/h5-14H,15-16H2,1-4H3. The average Bonchev–Trinajstić information content (AvgIpc) is 2.60. The fourth-order valence-corrected chi connectivity index (χ4v) is 3.06. The van der Waals surface area contributed by atoms with Crippen LogP contribution in [0.3, 0.4) is 0 Å². The van der Waals surface area contributed by atoms with Crippen LogP contribution in [-0.4, -0.2) is 11.6 Å². The summed E-state index contributed by atoms with van der Waals surface area (Å²) in [6.07, 6.45) is 0.225. The van der Waals surface area contributed by atoms with Crippen molar-refractivity contribution in [1.82, 2.24) is 0 Å². The zero-order chi connectivity index (χ0) is 19.4. The van der Waals surface area contributed by atoms with Crippen LogP contribution in [0.2, 0.25) is 0 Å². The van der Waals surface area contributed by atoms with Gasteiger partial charge >= 0.3 is 5.97 Å². The van der Waals surface area contributed by atoms with Crippen molar-refractivity contribution in [3.8, 4) is 5.75 Å². The Hall–Kier alpha value is -2.81. The third-order valence-corrected chi connectivity index (χ3v) is 4.24. The minimum atomic E-state index is -0.490. The number of hydrogen-bond donors (Lipinski definition) is 0. The summed E-state index contributed by atoms with van der Waals surface area (Å²) in [5.41, 5.74) is 2.67.